The zero-order valence-corrected chi connectivity index (χ0v) is 6.22. The molecule has 0 aromatic rings. The Labute approximate surface area is 57.0 Å². The van der Waals surface area contributed by atoms with E-state index in [0.717, 1.165) is 25.6 Å². The molecule has 0 aromatic carbocycles. The molecule has 53 valence electrons. The van der Waals surface area contributed by atoms with Gasteiger partial charge in [0.15, 0.2) is 0 Å². The van der Waals surface area contributed by atoms with Gasteiger partial charge in [0.1, 0.15) is 0 Å². The standard InChI is InChI=1S/C7H15N2/c1-6(2)7-5-8-3-4-9-7/h6-7,9H,3-5H2,1-2H3/t7-/m0/s1. The minimum absolute atomic E-state index is 0.638. The number of hydrogen-bond donors (Lipinski definition) is 1. The van der Waals surface area contributed by atoms with Crippen LogP contribution in [0.2, 0.25) is 0 Å². The maximum absolute atomic E-state index is 4.32. The van der Waals surface area contributed by atoms with Gasteiger partial charge >= 0.3 is 0 Å². The number of piperazine rings is 1. The molecule has 1 saturated heterocycles. The van der Waals surface area contributed by atoms with Crippen LogP contribution < -0.4 is 10.6 Å². The molecule has 1 aliphatic heterocycles. The topological polar surface area (TPSA) is 26.1 Å². The molecule has 1 aliphatic rings. The molecule has 1 radical (unpaired) electrons. The van der Waals surface area contributed by atoms with Gasteiger partial charge in [0.05, 0.1) is 0 Å². The van der Waals surface area contributed by atoms with E-state index in [1.807, 2.05) is 0 Å². The van der Waals surface area contributed by atoms with Crippen LogP contribution in [-0.2, 0) is 0 Å². The molecule has 1 atom stereocenters. The van der Waals surface area contributed by atoms with E-state index < -0.39 is 0 Å². The molecule has 1 fully saturated rings. The Morgan fingerprint density at radius 3 is 2.67 bits per heavy atom. The Kier molecular flexibility index (Phi) is 2.49. The summed E-state index contributed by atoms with van der Waals surface area (Å²) in [4.78, 5) is 0. The Morgan fingerprint density at radius 1 is 1.56 bits per heavy atom. The van der Waals surface area contributed by atoms with Crippen molar-refractivity contribution in [3.63, 3.8) is 0 Å². The number of nitrogens with one attached hydrogen (secondary N) is 1. The fourth-order valence-electron chi connectivity index (χ4n) is 1.07. The van der Waals surface area contributed by atoms with E-state index in [9.17, 15) is 0 Å². The molecule has 2 nitrogen and oxygen atoms in total. The van der Waals surface area contributed by atoms with Crippen molar-refractivity contribution >= 4 is 0 Å². The van der Waals surface area contributed by atoms with Gasteiger partial charge in [-0.2, -0.15) is 0 Å². The third-order valence-electron chi connectivity index (χ3n) is 1.81. The molecule has 0 amide bonds. The van der Waals surface area contributed by atoms with Gasteiger partial charge < -0.3 is 5.32 Å². The summed E-state index contributed by atoms with van der Waals surface area (Å²) in [5.41, 5.74) is 0. The second kappa shape index (κ2) is 3.18. The molecule has 1 N–H and O–H groups in total. The molecular formula is C7H15N2. The summed E-state index contributed by atoms with van der Waals surface area (Å²) in [6.07, 6.45) is 0. The fraction of sp³-hybridized carbons (Fsp3) is 1.00. The van der Waals surface area contributed by atoms with Crippen LogP contribution in [0.5, 0.6) is 0 Å². The van der Waals surface area contributed by atoms with E-state index >= 15 is 0 Å². The summed E-state index contributed by atoms with van der Waals surface area (Å²) < 4.78 is 0. The Hall–Kier alpha value is -0.0800. The van der Waals surface area contributed by atoms with Gasteiger partial charge in [-0.3, -0.25) is 0 Å². The van der Waals surface area contributed by atoms with Gasteiger partial charge in [0, 0.05) is 25.7 Å². The van der Waals surface area contributed by atoms with E-state index in [4.69, 9.17) is 0 Å². The summed E-state index contributed by atoms with van der Waals surface area (Å²) in [5.74, 6) is 0.731. The van der Waals surface area contributed by atoms with Crippen LogP contribution in [-0.4, -0.2) is 25.7 Å². The Bertz CT molecular complexity index is 75.0. The van der Waals surface area contributed by atoms with Crippen LogP contribution in [0.3, 0.4) is 0 Å². The molecule has 0 spiro atoms. The highest BCUT2D eigenvalue weighted by molar-refractivity contribution is 4.77. The molecule has 1 heterocycles. The van der Waals surface area contributed by atoms with Crippen molar-refractivity contribution in [1.82, 2.24) is 10.6 Å². The van der Waals surface area contributed by atoms with Gasteiger partial charge in [0.25, 0.3) is 0 Å². The summed E-state index contributed by atoms with van der Waals surface area (Å²) >= 11 is 0. The molecule has 2 heteroatoms. The first kappa shape index (κ1) is 7.03. The van der Waals surface area contributed by atoms with Crippen molar-refractivity contribution in [2.75, 3.05) is 19.6 Å². The van der Waals surface area contributed by atoms with Gasteiger partial charge in [-0.15, -0.1) is 0 Å². The monoisotopic (exact) mass is 127 g/mol. The minimum Gasteiger partial charge on any atom is -0.311 e. The average Bonchev–Trinajstić information content (AvgIpc) is 1.90. The lowest BCUT2D eigenvalue weighted by atomic mass is 10.0. The van der Waals surface area contributed by atoms with Crippen molar-refractivity contribution in [3.05, 3.63) is 0 Å². The van der Waals surface area contributed by atoms with Crippen molar-refractivity contribution < 1.29 is 0 Å². The van der Waals surface area contributed by atoms with Crippen molar-refractivity contribution in [3.8, 4) is 0 Å². The quantitative estimate of drug-likeness (QED) is 0.535. The number of hydrogen-bond acceptors (Lipinski definition) is 1. The Morgan fingerprint density at radius 2 is 2.33 bits per heavy atom. The molecule has 0 saturated carbocycles. The van der Waals surface area contributed by atoms with E-state index in [0.29, 0.717) is 6.04 Å². The first-order valence-corrected chi connectivity index (χ1v) is 3.67. The molecule has 0 aliphatic carbocycles. The van der Waals surface area contributed by atoms with Gasteiger partial charge in [0.2, 0.25) is 0 Å². The third-order valence-corrected chi connectivity index (χ3v) is 1.81. The van der Waals surface area contributed by atoms with E-state index in [-0.39, 0.29) is 0 Å². The number of nitrogens with zero attached hydrogens (tertiary/aromatic N) is 1. The normalized spacial score (nSPS) is 29.0. The fourth-order valence-corrected chi connectivity index (χ4v) is 1.07. The van der Waals surface area contributed by atoms with Gasteiger partial charge in [-0.1, -0.05) is 13.8 Å². The lowest BCUT2D eigenvalue weighted by Crippen LogP contribution is -2.47. The van der Waals surface area contributed by atoms with Crippen LogP contribution in [0.4, 0.5) is 0 Å². The van der Waals surface area contributed by atoms with Crippen molar-refractivity contribution in [2.24, 2.45) is 5.92 Å². The first-order chi connectivity index (χ1) is 4.30. The highest BCUT2D eigenvalue weighted by atomic mass is 15.1. The summed E-state index contributed by atoms with van der Waals surface area (Å²) in [7, 11) is 0. The molecule has 9 heavy (non-hydrogen) atoms. The summed E-state index contributed by atoms with van der Waals surface area (Å²) in [6, 6.07) is 0.638. The lowest BCUT2D eigenvalue weighted by Gasteiger charge is -2.26. The molecule has 0 aromatic heterocycles. The highest BCUT2D eigenvalue weighted by Gasteiger charge is 2.15. The zero-order valence-electron chi connectivity index (χ0n) is 6.22. The molecule has 0 bridgehead atoms. The maximum atomic E-state index is 4.32. The predicted octanol–water partition coefficient (Wildman–Crippen LogP) is 0.219. The Balaban J connectivity index is 2.23. The van der Waals surface area contributed by atoms with Crippen LogP contribution in [0.25, 0.3) is 0 Å². The SMILES string of the molecule is CC(C)[C@@H]1C[N]CCN1. The highest BCUT2D eigenvalue weighted by Crippen LogP contribution is 2.01. The van der Waals surface area contributed by atoms with Crippen molar-refractivity contribution in [1.29, 1.82) is 0 Å². The van der Waals surface area contributed by atoms with Crippen LogP contribution in [0.1, 0.15) is 13.8 Å². The smallest absolute Gasteiger partial charge is 0.0290 e. The van der Waals surface area contributed by atoms with Crippen LogP contribution >= 0.6 is 0 Å². The van der Waals surface area contributed by atoms with E-state index in [1.165, 1.54) is 0 Å². The maximum Gasteiger partial charge on any atom is 0.0290 e. The minimum atomic E-state index is 0.638. The summed E-state index contributed by atoms with van der Waals surface area (Å²) in [5, 5.41) is 7.74. The van der Waals surface area contributed by atoms with Gasteiger partial charge in [-0.05, 0) is 5.92 Å². The van der Waals surface area contributed by atoms with Crippen LogP contribution in [0.15, 0.2) is 0 Å². The largest absolute Gasteiger partial charge is 0.311 e. The average molecular weight is 127 g/mol. The van der Waals surface area contributed by atoms with Gasteiger partial charge in [-0.25, -0.2) is 5.32 Å². The zero-order chi connectivity index (χ0) is 6.69. The second-order valence-electron chi connectivity index (χ2n) is 2.93. The number of rotatable bonds is 1. The van der Waals surface area contributed by atoms with E-state index in [1.54, 1.807) is 0 Å². The second-order valence-corrected chi connectivity index (χ2v) is 2.93. The van der Waals surface area contributed by atoms with E-state index in [2.05, 4.69) is 24.5 Å². The first-order valence-electron chi connectivity index (χ1n) is 3.67. The molecule has 1 rings (SSSR count). The molecular weight excluding hydrogens is 112 g/mol. The van der Waals surface area contributed by atoms with Crippen LogP contribution in [0, 0.1) is 5.92 Å². The summed E-state index contributed by atoms with van der Waals surface area (Å²) in [6.45, 7) is 7.56. The van der Waals surface area contributed by atoms with Crippen molar-refractivity contribution in [2.45, 2.75) is 19.9 Å². The molecule has 0 unspecified atom stereocenters. The predicted molar refractivity (Wildman–Crippen MR) is 38.5 cm³/mol. The third kappa shape index (κ3) is 1.95. The lowest BCUT2D eigenvalue weighted by molar-refractivity contribution is 0.338.